The summed E-state index contributed by atoms with van der Waals surface area (Å²) in [5.74, 6) is -2.18. The van der Waals surface area contributed by atoms with E-state index >= 15 is 0 Å². The number of ether oxygens (including phenoxy) is 2. The Balaban J connectivity index is 1.74. The third-order valence-electron chi connectivity index (χ3n) is 13.4. The second kappa shape index (κ2) is 28.3. The zero-order valence-corrected chi connectivity index (χ0v) is 42.2. The van der Waals surface area contributed by atoms with Gasteiger partial charge in [-0.1, -0.05) is 111 Å². The number of carbonyl (C=O) groups excluding carboxylic acids is 5. The predicted molar refractivity (Wildman–Crippen MR) is 259 cm³/mol. The quantitative estimate of drug-likeness (QED) is 0.0743. The number of nitrogens with one attached hydrogen (secondary N) is 2. The second-order valence-electron chi connectivity index (χ2n) is 18.8. The maximum atomic E-state index is 14.6. The minimum Gasteiger partial charge on any atom is -0.379 e. The molecule has 2 aromatic rings. The van der Waals surface area contributed by atoms with Gasteiger partial charge in [0.05, 0.1) is 42.7 Å². The highest BCUT2D eigenvalue weighted by Crippen LogP contribution is 2.31. The molecule has 1 saturated heterocycles. The second-order valence-corrected chi connectivity index (χ2v) is 19.7. The maximum Gasteiger partial charge on any atom is 0.245 e. The zero-order valence-electron chi connectivity index (χ0n) is 41.4. The van der Waals surface area contributed by atoms with Crippen LogP contribution in [0.25, 0.3) is 0 Å². The molecule has 0 aliphatic carbocycles. The third-order valence-corrected chi connectivity index (χ3v) is 14.3. The summed E-state index contributed by atoms with van der Waals surface area (Å²) in [5.41, 5.74) is 6.69. The van der Waals surface area contributed by atoms with Crippen molar-refractivity contribution in [3.05, 3.63) is 52.5 Å². The van der Waals surface area contributed by atoms with Crippen LogP contribution in [0.5, 0.6) is 0 Å². The molecule has 9 atom stereocenters. The van der Waals surface area contributed by atoms with Crippen molar-refractivity contribution in [3.8, 4) is 0 Å². The fraction of sp³-hybridized carbons (Fsp3) is 0.720. The first-order valence-electron chi connectivity index (χ1n) is 24.1. The number of methoxy groups -OCH3 is 2. The number of likely N-dealkylation sites (N-methyl/N-ethyl adjacent to an activating group) is 2. The number of unbranched alkanes of at least 4 members (excludes halogenated alkanes) is 5. The van der Waals surface area contributed by atoms with Crippen LogP contribution in [0.1, 0.15) is 136 Å². The molecule has 65 heavy (non-hydrogen) atoms. The van der Waals surface area contributed by atoms with E-state index in [4.69, 9.17) is 15.2 Å². The van der Waals surface area contributed by atoms with E-state index < -0.39 is 36.3 Å². The van der Waals surface area contributed by atoms with Crippen LogP contribution in [0.4, 0.5) is 0 Å². The molecule has 0 bridgehead atoms. The van der Waals surface area contributed by atoms with Gasteiger partial charge in [0.25, 0.3) is 0 Å². The van der Waals surface area contributed by atoms with E-state index in [0.717, 1.165) is 55.5 Å². The van der Waals surface area contributed by atoms with Crippen LogP contribution in [0.2, 0.25) is 0 Å². The van der Waals surface area contributed by atoms with Crippen molar-refractivity contribution in [2.75, 3.05) is 41.4 Å². The molecule has 0 saturated carbocycles. The highest BCUT2D eigenvalue weighted by Gasteiger charge is 2.43. The molecule has 0 radical (unpaired) electrons. The Bertz CT molecular complexity index is 1730. The van der Waals surface area contributed by atoms with Gasteiger partial charge in [-0.05, 0) is 62.0 Å². The smallest absolute Gasteiger partial charge is 0.245 e. The molecule has 15 heteroatoms. The van der Waals surface area contributed by atoms with Crippen LogP contribution in [-0.2, 0) is 39.9 Å². The Morgan fingerprint density at radius 3 is 2.11 bits per heavy atom. The molecular formula is C50H83N7O7S. The minimum absolute atomic E-state index is 0.00850. The van der Waals surface area contributed by atoms with E-state index in [-0.39, 0.29) is 65.8 Å². The van der Waals surface area contributed by atoms with Crippen molar-refractivity contribution in [1.82, 2.24) is 30.3 Å². The molecule has 1 aliphatic heterocycles. The summed E-state index contributed by atoms with van der Waals surface area (Å²) in [4.78, 5) is 80.0. The van der Waals surface area contributed by atoms with Crippen molar-refractivity contribution >= 4 is 40.9 Å². The Morgan fingerprint density at radius 1 is 0.877 bits per heavy atom. The first kappa shape index (κ1) is 55.4. The molecular weight excluding hydrogens is 843 g/mol. The van der Waals surface area contributed by atoms with Gasteiger partial charge in [-0.25, -0.2) is 4.98 Å². The number of rotatable bonds is 29. The number of hydrogen-bond acceptors (Lipinski definition) is 10. The van der Waals surface area contributed by atoms with Crippen LogP contribution in [0.3, 0.4) is 0 Å². The first-order valence-corrected chi connectivity index (χ1v) is 25.0. The normalized spacial score (nSPS) is 17.8. The van der Waals surface area contributed by atoms with E-state index in [1.54, 1.807) is 39.4 Å². The zero-order chi connectivity index (χ0) is 48.2. The average Bonchev–Trinajstić information content (AvgIpc) is 4.01. The lowest BCUT2D eigenvalue weighted by Gasteiger charge is -2.41. The van der Waals surface area contributed by atoms with Crippen molar-refractivity contribution in [1.29, 1.82) is 0 Å². The molecule has 9 unspecified atom stereocenters. The number of likely N-dealkylation sites (tertiary alicyclic amines) is 1. The Labute approximate surface area is 394 Å². The van der Waals surface area contributed by atoms with Crippen LogP contribution >= 0.6 is 11.3 Å². The van der Waals surface area contributed by atoms with Gasteiger partial charge in [0.2, 0.25) is 29.5 Å². The molecule has 0 spiro atoms. The van der Waals surface area contributed by atoms with Gasteiger partial charge in [0.1, 0.15) is 17.1 Å². The molecule has 5 amide bonds. The minimum atomic E-state index is -0.883. The lowest BCUT2D eigenvalue weighted by Crippen LogP contribution is -2.60. The number of nitrogens with zero attached hydrogens (tertiary/aromatic N) is 4. The summed E-state index contributed by atoms with van der Waals surface area (Å²) in [5, 5.41) is 9.00. The van der Waals surface area contributed by atoms with Crippen LogP contribution < -0.4 is 16.4 Å². The predicted octanol–water partition coefficient (Wildman–Crippen LogP) is 6.78. The number of nitrogens with two attached hydrogens (primary N) is 1. The van der Waals surface area contributed by atoms with Crippen molar-refractivity contribution in [2.45, 2.75) is 168 Å². The average molecular weight is 926 g/mol. The van der Waals surface area contributed by atoms with E-state index in [0.29, 0.717) is 38.8 Å². The van der Waals surface area contributed by atoms with E-state index in [1.165, 1.54) is 16.2 Å². The maximum absolute atomic E-state index is 14.6. The molecule has 14 nitrogen and oxygen atoms in total. The Morgan fingerprint density at radius 2 is 1.54 bits per heavy atom. The molecule has 2 heterocycles. The molecule has 366 valence electrons. The highest BCUT2D eigenvalue weighted by atomic mass is 32.1. The van der Waals surface area contributed by atoms with Gasteiger partial charge in [-0.15, -0.1) is 11.3 Å². The summed E-state index contributed by atoms with van der Waals surface area (Å²) in [6, 6.07) is 7.19. The monoisotopic (exact) mass is 926 g/mol. The van der Waals surface area contributed by atoms with E-state index in [2.05, 4.69) is 15.6 Å². The van der Waals surface area contributed by atoms with Crippen LogP contribution in [0, 0.1) is 23.7 Å². The number of thiazole rings is 1. The lowest BCUT2D eigenvalue weighted by atomic mass is 9.89. The summed E-state index contributed by atoms with van der Waals surface area (Å²) >= 11 is 1.50. The molecule has 3 rings (SSSR count). The molecule has 1 aliphatic rings. The fourth-order valence-corrected chi connectivity index (χ4v) is 10.1. The summed E-state index contributed by atoms with van der Waals surface area (Å²) in [7, 11) is 6.55. The fourth-order valence-electron chi connectivity index (χ4n) is 9.42. The Kier molecular flexibility index (Phi) is 24.1. The topological polar surface area (TPSA) is 176 Å². The summed E-state index contributed by atoms with van der Waals surface area (Å²) < 4.78 is 12.2. The molecule has 1 fully saturated rings. The van der Waals surface area contributed by atoms with Crippen molar-refractivity contribution in [3.63, 3.8) is 0 Å². The van der Waals surface area contributed by atoms with Crippen molar-refractivity contribution < 1.29 is 33.4 Å². The molecule has 1 aromatic heterocycles. The summed E-state index contributed by atoms with van der Waals surface area (Å²) in [6.45, 7) is 14.7. The number of aromatic nitrogens is 1. The van der Waals surface area contributed by atoms with Gasteiger partial charge < -0.3 is 40.5 Å². The van der Waals surface area contributed by atoms with Gasteiger partial charge in [-0.3, -0.25) is 24.0 Å². The molecule has 1 aromatic carbocycles. The van der Waals surface area contributed by atoms with E-state index in [9.17, 15) is 24.0 Å². The largest absolute Gasteiger partial charge is 0.379 e. The number of amides is 5. The highest BCUT2D eigenvalue weighted by molar-refractivity contribution is 7.09. The van der Waals surface area contributed by atoms with Crippen LogP contribution in [0.15, 0.2) is 41.9 Å². The Hall–Kier alpha value is -3.92. The van der Waals surface area contributed by atoms with E-state index in [1.807, 2.05) is 89.1 Å². The van der Waals surface area contributed by atoms with Gasteiger partial charge in [0, 0.05) is 52.9 Å². The standard InChI is InChI=1S/C50H83N7O7S/c1-12-35(6)45(56(9)50(62)43(33(2)3)54-48(61)44(34(4)5)55(8)41(58)26-20-15-13-14-16-21-27-51)40(63-10)32-42(59)57-29-22-25-39(57)46(64-11)36(7)47(60)53-38(49-52-28-30-65-49)31-37-23-18-17-19-24-37/h17-19,23-24,28,30,33-36,38-40,43-46H,12-16,20-22,25-27,29,31-32,51H2,1-11H3,(H,53,60)(H,54,61). The van der Waals surface area contributed by atoms with Gasteiger partial charge in [-0.2, -0.15) is 0 Å². The lowest BCUT2D eigenvalue weighted by molar-refractivity contribution is -0.148. The molecule has 4 N–H and O–H groups in total. The summed E-state index contributed by atoms with van der Waals surface area (Å²) in [6.07, 6.45) is 9.55. The first-order chi connectivity index (χ1) is 31.0. The van der Waals surface area contributed by atoms with Gasteiger partial charge in [0.15, 0.2) is 0 Å². The van der Waals surface area contributed by atoms with Crippen LogP contribution in [-0.4, -0.2) is 127 Å². The third kappa shape index (κ3) is 16.1. The van der Waals surface area contributed by atoms with Gasteiger partial charge >= 0.3 is 0 Å². The number of hydrogen-bond donors (Lipinski definition) is 3. The number of carbonyl (C=O) groups is 5. The SMILES string of the molecule is CCC(C)C(C(CC(=O)N1CCCC1C(OC)C(C)C(=O)NC(Cc1ccccc1)c1nccs1)OC)N(C)C(=O)C(NC(=O)C(C(C)C)N(C)C(=O)CCCCCCCCN)C(C)C. The number of benzene rings is 1. The van der Waals surface area contributed by atoms with Crippen molar-refractivity contribution in [2.24, 2.45) is 29.4 Å².